The van der Waals surface area contributed by atoms with E-state index >= 15 is 0 Å². The minimum atomic E-state index is 0.217. The first-order chi connectivity index (χ1) is 10.2. The zero-order valence-corrected chi connectivity index (χ0v) is 14.9. The predicted molar refractivity (Wildman–Crippen MR) is 91.7 cm³/mol. The normalized spacial score (nSPS) is 14.4. The fraction of sp³-hybridized carbons (Fsp3) is 0.294. The summed E-state index contributed by atoms with van der Waals surface area (Å²) in [6.07, 6.45) is 1.88. The van der Waals surface area contributed by atoms with E-state index in [1.807, 2.05) is 12.1 Å². The van der Waals surface area contributed by atoms with Crippen LogP contribution in [0.2, 0.25) is 0 Å². The zero-order valence-electron chi connectivity index (χ0n) is 11.7. The van der Waals surface area contributed by atoms with E-state index in [-0.39, 0.29) is 4.83 Å². The highest BCUT2D eigenvalue weighted by molar-refractivity contribution is 9.10. The number of fused-ring (bicyclic) bond motifs is 1. The Hall–Kier alpha value is -1.00. The summed E-state index contributed by atoms with van der Waals surface area (Å²) in [6, 6.07) is 12.5. The van der Waals surface area contributed by atoms with Crippen LogP contribution in [0.5, 0.6) is 11.5 Å². The Balaban J connectivity index is 1.87. The fourth-order valence-corrected chi connectivity index (χ4v) is 3.88. The third-order valence-electron chi connectivity index (χ3n) is 3.66. The van der Waals surface area contributed by atoms with Crippen LogP contribution < -0.4 is 9.47 Å². The molecule has 3 rings (SSSR count). The number of hydrogen-bond donors (Lipinski definition) is 0. The number of halogens is 2. The molecule has 1 aliphatic rings. The highest BCUT2D eigenvalue weighted by Gasteiger charge is 2.22. The van der Waals surface area contributed by atoms with Crippen LogP contribution in [0, 0.1) is 0 Å². The van der Waals surface area contributed by atoms with Gasteiger partial charge in [-0.25, -0.2) is 0 Å². The lowest BCUT2D eigenvalue weighted by molar-refractivity contribution is 0.353. The third-order valence-corrected chi connectivity index (χ3v) is 4.94. The smallest absolute Gasteiger partial charge is 0.127 e. The van der Waals surface area contributed by atoms with Gasteiger partial charge in [-0.3, -0.25) is 0 Å². The van der Waals surface area contributed by atoms with Crippen molar-refractivity contribution < 1.29 is 9.47 Å². The molecule has 0 spiro atoms. The molecular formula is C17H16Br2O2. The third kappa shape index (κ3) is 3.27. The van der Waals surface area contributed by atoms with Crippen LogP contribution in [-0.4, -0.2) is 13.7 Å². The quantitative estimate of drug-likeness (QED) is 0.653. The van der Waals surface area contributed by atoms with Gasteiger partial charge in [0.05, 0.1) is 13.7 Å². The van der Waals surface area contributed by atoms with Gasteiger partial charge >= 0.3 is 0 Å². The van der Waals surface area contributed by atoms with Crippen molar-refractivity contribution in [2.24, 2.45) is 0 Å². The largest absolute Gasteiger partial charge is 0.497 e. The second-order valence-electron chi connectivity index (χ2n) is 5.10. The summed E-state index contributed by atoms with van der Waals surface area (Å²) in [5, 5.41) is 0. The number of hydrogen-bond acceptors (Lipinski definition) is 2. The molecule has 4 heteroatoms. The average molecular weight is 412 g/mol. The summed E-state index contributed by atoms with van der Waals surface area (Å²) in [7, 11) is 1.69. The second-order valence-corrected chi connectivity index (χ2v) is 7.13. The van der Waals surface area contributed by atoms with Crippen molar-refractivity contribution in [3.05, 3.63) is 57.6 Å². The molecule has 0 N–H and O–H groups in total. The van der Waals surface area contributed by atoms with Gasteiger partial charge in [0.25, 0.3) is 0 Å². The van der Waals surface area contributed by atoms with Gasteiger partial charge < -0.3 is 9.47 Å². The van der Waals surface area contributed by atoms with Crippen molar-refractivity contribution in [1.82, 2.24) is 0 Å². The van der Waals surface area contributed by atoms with Crippen LogP contribution in [0.15, 0.2) is 40.9 Å². The van der Waals surface area contributed by atoms with Gasteiger partial charge in [-0.15, -0.1) is 0 Å². The molecule has 2 aromatic carbocycles. The SMILES string of the molecule is COc1cccc(CC(Br)c2cc(Br)cc3c2OCC3)c1. The van der Waals surface area contributed by atoms with Crippen LogP contribution in [-0.2, 0) is 12.8 Å². The first kappa shape index (κ1) is 14.9. The Kier molecular flexibility index (Phi) is 4.55. The van der Waals surface area contributed by atoms with E-state index in [1.165, 1.54) is 16.7 Å². The van der Waals surface area contributed by atoms with Gasteiger partial charge in [0.2, 0.25) is 0 Å². The van der Waals surface area contributed by atoms with E-state index in [2.05, 4.69) is 56.1 Å². The summed E-state index contributed by atoms with van der Waals surface area (Å²) < 4.78 is 12.2. The Morgan fingerprint density at radius 3 is 2.95 bits per heavy atom. The highest BCUT2D eigenvalue weighted by atomic mass is 79.9. The van der Waals surface area contributed by atoms with Crippen LogP contribution in [0.4, 0.5) is 0 Å². The first-order valence-corrected chi connectivity index (χ1v) is 8.60. The van der Waals surface area contributed by atoms with Gasteiger partial charge in [-0.1, -0.05) is 44.0 Å². The topological polar surface area (TPSA) is 18.5 Å². The van der Waals surface area contributed by atoms with Gasteiger partial charge in [0.1, 0.15) is 11.5 Å². The van der Waals surface area contributed by atoms with E-state index in [0.717, 1.165) is 35.4 Å². The maximum absolute atomic E-state index is 5.81. The van der Waals surface area contributed by atoms with Crippen LogP contribution >= 0.6 is 31.9 Å². The molecule has 0 aliphatic carbocycles. The minimum absolute atomic E-state index is 0.217. The molecule has 0 amide bonds. The van der Waals surface area contributed by atoms with E-state index in [1.54, 1.807) is 7.11 Å². The Labute approximate surface area is 141 Å². The zero-order chi connectivity index (χ0) is 14.8. The molecule has 1 aliphatic heterocycles. The number of rotatable bonds is 4. The fourth-order valence-electron chi connectivity index (χ4n) is 2.65. The van der Waals surface area contributed by atoms with E-state index in [4.69, 9.17) is 9.47 Å². The Morgan fingerprint density at radius 1 is 1.29 bits per heavy atom. The van der Waals surface area contributed by atoms with Gasteiger partial charge in [-0.2, -0.15) is 0 Å². The monoisotopic (exact) mass is 410 g/mol. The van der Waals surface area contributed by atoms with E-state index in [0.29, 0.717) is 0 Å². The van der Waals surface area contributed by atoms with E-state index < -0.39 is 0 Å². The highest BCUT2D eigenvalue weighted by Crippen LogP contribution is 2.41. The summed E-state index contributed by atoms with van der Waals surface area (Å²) in [6.45, 7) is 0.775. The van der Waals surface area contributed by atoms with Crippen molar-refractivity contribution in [3.63, 3.8) is 0 Å². The first-order valence-electron chi connectivity index (χ1n) is 6.89. The maximum atomic E-state index is 5.81. The van der Waals surface area contributed by atoms with Crippen molar-refractivity contribution in [2.45, 2.75) is 17.7 Å². The van der Waals surface area contributed by atoms with Crippen molar-refractivity contribution in [1.29, 1.82) is 0 Å². The number of methoxy groups -OCH3 is 1. The molecule has 1 heterocycles. The molecule has 2 aromatic rings. The molecule has 0 aromatic heterocycles. The molecule has 110 valence electrons. The summed E-state index contributed by atoms with van der Waals surface area (Å²) in [4.78, 5) is 0.217. The molecular weight excluding hydrogens is 396 g/mol. The standard InChI is InChI=1S/C17H16Br2O2/c1-20-14-4-2-3-11(7-14)8-16(19)15-10-13(18)9-12-5-6-21-17(12)15/h2-4,7,9-10,16H,5-6,8H2,1H3. The molecule has 2 nitrogen and oxygen atoms in total. The van der Waals surface area contributed by atoms with Crippen molar-refractivity contribution in [3.8, 4) is 11.5 Å². The summed E-state index contributed by atoms with van der Waals surface area (Å²) in [5.41, 5.74) is 3.73. The summed E-state index contributed by atoms with van der Waals surface area (Å²) >= 11 is 7.41. The molecule has 21 heavy (non-hydrogen) atoms. The molecule has 0 radical (unpaired) electrons. The molecule has 0 saturated carbocycles. The lowest BCUT2D eigenvalue weighted by Gasteiger charge is -2.15. The predicted octanol–water partition coefficient (Wildman–Crippen LogP) is 5.07. The van der Waals surface area contributed by atoms with Crippen LogP contribution in [0.1, 0.15) is 21.5 Å². The average Bonchev–Trinajstić information content (AvgIpc) is 2.94. The molecule has 1 unspecified atom stereocenters. The van der Waals surface area contributed by atoms with Crippen LogP contribution in [0.25, 0.3) is 0 Å². The van der Waals surface area contributed by atoms with Crippen LogP contribution in [0.3, 0.4) is 0 Å². The number of benzene rings is 2. The van der Waals surface area contributed by atoms with E-state index in [9.17, 15) is 0 Å². The second kappa shape index (κ2) is 6.41. The Morgan fingerprint density at radius 2 is 2.14 bits per heavy atom. The lowest BCUT2D eigenvalue weighted by atomic mass is 10.0. The summed E-state index contributed by atoms with van der Waals surface area (Å²) in [5.74, 6) is 1.94. The van der Waals surface area contributed by atoms with Gasteiger partial charge in [-0.05, 0) is 41.8 Å². The number of alkyl halides is 1. The minimum Gasteiger partial charge on any atom is -0.497 e. The lowest BCUT2D eigenvalue weighted by Crippen LogP contribution is -1.99. The molecule has 0 fully saturated rings. The van der Waals surface area contributed by atoms with Gasteiger partial charge in [0.15, 0.2) is 0 Å². The molecule has 1 atom stereocenters. The molecule has 0 saturated heterocycles. The Bertz CT molecular complexity index is 655. The molecule has 0 bridgehead atoms. The maximum Gasteiger partial charge on any atom is 0.127 e. The van der Waals surface area contributed by atoms with Gasteiger partial charge in [0, 0.05) is 21.3 Å². The number of ether oxygens (including phenoxy) is 2. The van der Waals surface area contributed by atoms with Crippen molar-refractivity contribution in [2.75, 3.05) is 13.7 Å². The van der Waals surface area contributed by atoms with Crippen molar-refractivity contribution >= 4 is 31.9 Å².